The van der Waals surface area contributed by atoms with Crippen molar-refractivity contribution in [3.63, 3.8) is 0 Å². The number of halogens is 4. The molecule has 0 bridgehead atoms. The molecule has 1 saturated carbocycles. The lowest BCUT2D eigenvalue weighted by molar-refractivity contribution is -0.137. The lowest BCUT2D eigenvalue weighted by atomic mass is 10.0. The quantitative estimate of drug-likeness (QED) is 0.544. The Morgan fingerprint density at radius 2 is 2.00 bits per heavy atom. The number of H-pyrrole nitrogens is 1. The normalized spacial score (nSPS) is 15.2. The monoisotopic (exact) mass is 377 g/mol. The fraction of sp³-hybridized carbons (Fsp3) is 0.235. The van der Waals surface area contributed by atoms with E-state index < -0.39 is 11.7 Å². The van der Waals surface area contributed by atoms with Crippen LogP contribution < -0.4 is 0 Å². The average molecular weight is 378 g/mol. The van der Waals surface area contributed by atoms with E-state index in [0.29, 0.717) is 33.0 Å². The van der Waals surface area contributed by atoms with Gasteiger partial charge in [-0.05, 0) is 37.1 Å². The largest absolute Gasteiger partial charge is 0.418 e. The number of benzene rings is 1. The third-order valence-electron chi connectivity index (χ3n) is 4.54. The molecule has 3 heterocycles. The van der Waals surface area contributed by atoms with Gasteiger partial charge in [-0.3, -0.25) is 5.10 Å². The van der Waals surface area contributed by atoms with Gasteiger partial charge in [0.15, 0.2) is 11.5 Å². The van der Waals surface area contributed by atoms with Gasteiger partial charge in [0.05, 0.1) is 28.0 Å². The summed E-state index contributed by atoms with van der Waals surface area (Å²) in [7, 11) is 0. The number of aromatic amines is 1. The molecule has 4 aromatic rings. The summed E-state index contributed by atoms with van der Waals surface area (Å²) < 4.78 is 42.3. The summed E-state index contributed by atoms with van der Waals surface area (Å²) in [6.45, 7) is 0. The van der Waals surface area contributed by atoms with E-state index in [1.165, 1.54) is 22.8 Å². The minimum absolute atomic E-state index is 0.0700. The Bertz CT molecular complexity index is 1160. The predicted molar refractivity (Wildman–Crippen MR) is 90.1 cm³/mol. The number of nitrogens with one attached hydrogen (secondary N) is 1. The van der Waals surface area contributed by atoms with Crippen molar-refractivity contribution in [1.82, 2.24) is 24.8 Å². The van der Waals surface area contributed by atoms with Gasteiger partial charge < -0.3 is 0 Å². The predicted octanol–water partition coefficient (Wildman–Crippen LogP) is 4.82. The van der Waals surface area contributed by atoms with Crippen LogP contribution in [0.5, 0.6) is 0 Å². The number of rotatable bonds is 2. The third kappa shape index (κ3) is 2.36. The van der Waals surface area contributed by atoms with Crippen molar-refractivity contribution in [3.05, 3.63) is 46.9 Å². The zero-order valence-electron chi connectivity index (χ0n) is 13.2. The lowest BCUT2D eigenvalue weighted by Crippen LogP contribution is -2.11. The number of fused-ring (bicyclic) bond motifs is 2. The molecule has 5 rings (SSSR count). The summed E-state index contributed by atoms with van der Waals surface area (Å²) in [6.07, 6.45) is -1.08. The Kier molecular flexibility index (Phi) is 3.13. The van der Waals surface area contributed by atoms with Crippen LogP contribution in [0.4, 0.5) is 13.2 Å². The summed E-state index contributed by atoms with van der Waals surface area (Å²) in [5, 5.41) is 11.9. The first kappa shape index (κ1) is 15.6. The third-order valence-corrected chi connectivity index (χ3v) is 4.83. The van der Waals surface area contributed by atoms with Gasteiger partial charge in [0, 0.05) is 16.9 Å². The molecule has 0 aliphatic heterocycles. The Hall–Kier alpha value is -2.61. The first-order valence-electron chi connectivity index (χ1n) is 8.01. The summed E-state index contributed by atoms with van der Waals surface area (Å²) in [4.78, 5) is 4.39. The van der Waals surface area contributed by atoms with Gasteiger partial charge in [0.25, 0.3) is 0 Å². The second-order valence-corrected chi connectivity index (χ2v) is 6.81. The fourth-order valence-electron chi connectivity index (χ4n) is 3.14. The molecule has 0 saturated heterocycles. The molecule has 5 nitrogen and oxygen atoms in total. The number of aromatic nitrogens is 5. The minimum atomic E-state index is -4.53. The van der Waals surface area contributed by atoms with Crippen LogP contribution in [0.25, 0.3) is 27.8 Å². The maximum atomic E-state index is 13.7. The Morgan fingerprint density at radius 3 is 2.73 bits per heavy atom. The molecule has 26 heavy (non-hydrogen) atoms. The van der Waals surface area contributed by atoms with Crippen LogP contribution in [-0.2, 0) is 6.18 Å². The molecule has 1 fully saturated rings. The number of pyridine rings is 1. The van der Waals surface area contributed by atoms with E-state index in [2.05, 4.69) is 20.3 Å². The molecule has 0 amide bonds. The molecule has 1 aromatic carbocycles. The second-order valence-electron chi connectivity index (χ2n) is 6.40. The van der Waals surface area contributed by atoms with E-state index in [9.17, 15) is 13.2 Å². The fourth-order valence-corrected chi connectivity index (χ4v) is 3.40. The molecule has 3 aromatic heterocycles. The zero-order chi connectivity index (χ0) is 18.1. The van der Waals surface area contributed by atoms with Crippen LogP contribution >= 0.6 is 11.6 Å². The van der Waals surface area contributed by atoms with Crippen molar-refractivity contribution in [2.45, 2.75) is 24.9 Å². The van der Waals surface area contributed by atoms with Crippen molar-refractivity contribution in [2.75, 3.05) is 0 Å². The summed E-state index contributed by atoms with van der Waals surface area (Å²) in [5.74, 6) is 0.818. The van der Waals surface area contributed by atoms with Crippen molar-refractivity contribution in [2.24, 2.45) is 0 Å². The van der Waals surface area contributed by atoms with Gasteiger partial charge in [-0.25, -0.2) is 9.50 Å². The van der Waals surface area contributed by atoms with Crippen LogP contribution in [0.15, 0.2) is 30.5 Å². The van der Waals surface area contributed by atoms with Crippen LogP contribution in [-0.4, -0.2) is 24.8 Å². The van der Waals surface area contributed by atoms with Gasteiger partial charge in [-0.15, -0.1) is 0 Å². The average Bonchev–Trinajstić information content (AvgIpc) is 3.15. The molecule has 1 aliphatic rings. The molecule has 9 heteroatoms. The van der Waals surface area contributed by atoms with E-state index in [-0.39, 0.29) is 11.6 Å². The second kappa shape index (κ2) is 5.20. The van der Waals surface area contributed by atoms with E-state index in [0.717, 1.165) is 18.9 Å². The standard InChI is InChI=1S/C17H11ClF3N5/c18-12-6-9(5-10-7-22-24-14(10)12)15-11(17(19,20)21)3-4-13-23-16(8-1-2-8)25-26(13)15/h3-8H,1-2H2,(H,22,24). The number of alkyl halides is 3. The highest BCUT2D eigenvalue weighted by molar-refractivity contribution is 6.35. The van der Waals surface area contributed by atoms with Gasteiger partial charge in [0.2, 0.25) is 0 Å². The van der Waals surface area contributed by atoms with Crippen molar-refractivity contribution in [3.8, 4) is 11.3 Å². The van der Waals surface area contributed by atoms with E-state index in [1.54, 1.807) is 6.07 Å². The van der Waals surface area contributed by atoms with Gasteiger partial charge >= 0.3 is 6.18 Å². The first-order valence-corrected chi connectivity index (χ1v) is 8.39. The molecule has 0 unspecified atom stereocenters. The van der Waals surface area contributed by atoms with Crippen molar-refractivity contribution < 1.29 is 13.2 Å². The first-order chi connectivity index (χ1) is 12.4. The maximum absolute atomic E-state index is 13.7. The maximum Gasteiger partial charge on any atom is 0.418 e. The molecule has 0 spiro atoms. The van der Waals surface area contributed by atoms with E-state index >= 15 is 0 Å². The zero-order valence-corrected chi connectivity index (χ0v) is 13.9. The van der Waals surface area contributed by atoms with Gasteiger partial charge in [0.1, 0.15) is 0 Å². The molecular formula is C17H11ClF3N5. The minimum Gasteiger partial charge on any atom is -0.276 e. The topological polar surface area (TPSA) is 58.9 Å². The van der Waals surface area contributed by atoms with Crippen LogP contribution in [0.2, 0.25) is 5.02 Å². The van der Waals surface area contributed by atoms with Crippen LogP contribution in [0.3, 0.4) is 0 Å². The van der Waals surface area contributed by atoms with E-state index in [1.807, 2.05) is 0 Å². The summed E-state index contributed by atoms with van der Waals surface area (Å²) in [5.41, 5.74) is 0.427. The number of hydrogen-bond acceptors (Lipinski definition) is 3. The highest BCUT2D eigenvalue weighted by atomic mass is 35.5. The molecule has 0 atom stereocenters. The number of nitrogens with zero attached hydrogens (tertiary/aromatic N) is 4. The van der Waals surface area contributed by atoms with Gasteiger partial charge in [-0.1, -0.05) is 11.6 Å². The van der Waals surface area contributed by atoms with E-state index in [4.69, 9.17) is 11.6 Å². The number of hydrogen-bond donors (Lipinski definition) is 1. The van der Waals surface area contributed by atoms with Crippen molar-refractivity contribution in [1.29, 1.82) is 0 Å². The Balaban J connectivity index is 1.85. The highest BCUT2D eigenvalue weighted by Crippen LogP contribution is 2.41. The lowest BCUT2D eigenvalue weighted by Gasteiger charge is -2.14. The molecular weight excluding hydrogens is 367 g/mol. The molecule has 132 valence electrons. The van der Waals surface area contributed by atoms with Crippen LogP contribution in [0.1, 0.15) is 30.1 Å². The van der Waals surface area contributed by atoms with Gasteiger partial charge in [-0.2, -0.15) is 23.4 Å². The molecule has 1 N–H and O–H groups in total. The SMILES string of the molecule is FC(F)(F)c1ccc2nc(C3CC3)nn2c1-c1cc(Cl)c2[nH]ncc2c1. The van der Waals surface area contributed by atoms with Crippen LogP contribution in [0, 0.1) is 0 Å². The highest BCUT2D eigenvalue weighted by Gasteiger charge is 2.36. The Labute approximate surface area is 149 Å². The summed E-state index contributed by atoms with van der Waals surface area (Å²) in [6, 6.07) is 5.50. The van der Waals surface area contributed by atoms with Crippen molar-refractivity contribution >= 4 is 28.2 Å². The molecule has 0 radical (unpaired) electrons. The summed E-state index contributed by atoms with van der Waals surface area (Å²) >= 11 is 6.24. The molecule has 1 aliphatic carbocycles. The smallest absolute Gasteiger partial charge is 0.276 e. The Morgan fingerprint density at radius 1 is 1.19 bits per heavy atom.